The maximum absolute atomic E-state index is 12.1. The van der Waals surface area contributed by atoms with Gasteiger partial charge in [-0.05, 0) is 37.1 Å². The van der Waals surface area contributed by atoms with E-state index in [1.807, 2.05) is 18.2 Å². The number of carboxylic acids is 1. The molecular weight excluding hydrogens is 348 g/mol. The number of nitrogens with one attached hydrogen (secondary N) is 1. The van der Waals surface area contributed by atoms with Crippen LogP contribution >= 0.6 is 0 Å². The smallest absolute Gasteiger partial charge is 0.323 e. The summed E-state index contributed by atoms with van der Waals surface area (Å²) in [5.41, 5.74) is 1.50. The molecule has 0 aliphatic carbocycles. The monoisotopic (exact) mass is 370 g/mol. The second-order valence-electron chi connectivity index (χ2n) is 6.37. The average molecular weight is 370 g/mol. The van der Waals surface area contributed by atoms with Crippen molar-refractivity contribution in [3.8, 4) is 0 Å². The molecule has 142 valence electrons. The fraction of sp³-hybridized carbons (Fsp3) is 0.368. The van der Waals surface area contributed by atoms with Gasteiger partial charge in [-0.25, -0.2) is 0 Å². The van der Waals surface area contributed by atoms with Crippen LogP contribution < -0.4 is 5.32 Å². The molecule has 2 heterocycles. The molecule has 1 amide bonds. The van der Waals surface area contributed by atoms with Crippen LogP contribution in [0.25, 0.3) is 10.9 Å². The lowest BCUT2D eigenvalue weighted by Crippen LogP contribution is -2.11. The number of amides is 1. The molecule has 2 N–H and O–H groups in total. The van der Waals surface area contributed by atoms with Crippen molar-refractivity contribution in [3.63, 3.8) is 0 Å². The highest BCUT2D eigenvalue weighted by molar-refractivity contribution is 5.94. The summed E-state index contributed by atoms with van der Waals surface area (Å²) >= 11 is 0. The van der Waals surface area contributed by atoms with Gasteiger partial charge < -0.3 is 19.5 Å². The minimum atomic E-state index is -0.895. The first-order valence-electron chi connectivity index (χ1n) is 8.97. The first kappa shape index (κ1) is 18.6. The summed E-state index contributed by atoms with van der Waals surface area (Å²) in [6.45, 7) is 1.96. The predicted octanol–water partition coefficient (Wildman–Crippen LogP) is 3.02. The Labute approximate surface area is 156 Å². The van der Waals surface area contributed by atoms with Gasteiger partial charge >= 0.3 is 5.97 Å². The van der Waals surface area contributed by atoms with Gasteiger partial charge in [0.15, 0.2) is 5.82 Å². The Bertz CT molecular complexity index is 944. The number of aromatic nitrogens is 3. The normalized spacial score (nSPS) is 11.0. The van der Waals surface area contributed by atoms with Crippen molar-refractivity contribution in [1.29, 1.82) is 0 Å². The summed E-state index contributed by atoms with van der Waals surface area (Å²) < 4.78 is 6.81. The van der Waals surface area contributed by atoms with Gasteiger partial charge in [0, 0.05) is 42.0 Å². The molecule has 0 saturated heterocycles. The third-order valence-electron chi connectivity index (χ3n) is 4.14. The second-order valence-corrected chi connectivity index (χ2v) is 6.37. The number of nitrogens with zero attached hydrogens (tertiary/aromatic N) is 3. The Morgan fingerprint density at radius 1 is 1.26 bits per heavy atom. The number of carbonyl (C=O) groups is 2. The third kappa shape index (κ3) is 4.93. The zero-order valence-electron chi connectivity index (χ0n) is 15.1. The van der Waals surface area contributed by atoms with Gasteiger partial charge in [-0.2, -0.15) is 4.98 Å². The van der Waals surface area contributed by atoms with Gasteiger partial charge in [-0.15, -0.1) is 0 Å². The van der Waals surface area contributed by atoms with E-state index in [1.165, 1.54) is 0 Å². The maximum Gasteiger partial charge on any atom is 0.323 e. The van der Waals surface area contributed by atoms with E-state index in [0.717, 1.165) is 23.7 Å². The quantitative estimate of drug-likeness (QED) is 0.599. The molecule has 0 bridgehead atoms. The van der Waals surface area contributed by atoms with Gasteiger partial charge in [0.25, 0.3) is 0 Å². The van der Waals surface area contributed by atoms with E-state index < -0.39 is 5.97 Å². The van der Waals surface area contributed by atoms with Crippen LogP contribution in [0.2, 0.25) is 0 Å². The Balaban J connectivity index is 1.52. The Morgan fingerprint density at radius 3 is 2.89 bits per heavy atom. The molecule has 0 fully saturated rings. The number of fused-ring (bicyclic) bond motifs is 1. The van der Waals surface area contributed by atoms with Gasteiger partial charge in [0.05, 0.1) is 0 Å². The Hall–Kier alpha value is -3.16. The summed E-state index contributed by atoms with van der Waals surface area (Å²) in [6, 6.07) is 7.24. The standard InChI is InChI=1S/C19H22N4O4/c1-2-4-16-21-18(27-22-16)6-3-5-17(24)20-14-7-8-15-13(11-14)9-10-23(15)12-19(25)26/h7-11H,2-6,12H2,1H3,(H,20,24)(H,25,26). The highest BCUT2D eigenvalue weighted by Crippen LogP contribution is 2.21. The lowest BCUT2D eigenvalue weighted by atomic mass is 10.2. The van der Waals surface area contributed by atoms with E-state index in [-0.39, 0.29) is 12.5 Å². The van der Waals surface area contributed by atoms with E-state index in [4.69, 9.17) is 9.63 Å². The molecule has 0 radical (unpaired) electrons. The molecular formula is C19H22N4O4. The van der Waals surface area contributed by atoms with Gasteiger partial charge in [-0.1, -0.05) is 12.1 Å². The molecule has 8 nitrogen and oxygen atoms in total. The van der Waals surface area contributed by atoms with Crippen molar-refractivity contribution >= 4 is 28.5 Å². The van der Waals surface area contributed by atoms with Crippen molar-refractivity contribution in [2.24, 2.45) is 0 Å². The average Bonchev–Trinajstić information content (AvgIpc) is 3.22. The van der Waals surface area contributed by atoms with Crippen LogP contribution in [0, 0.1) is 0 Å². The van der Waals surface area contributed by atoms with Crippen LogP contribution in [0.1, 0.15) is 37.9 Å². The first-order chi connectivity index (χ1) is 13.0. The van der Waals surface area contributed by atoms with Crippen molar-refractivity contribution in [3.05, 3.63) is 42.2 Å². The molecule has 3 aromatic rings. The Morgan fingerprint density at radius 2 is 2.11 bits per heavy atom. The molecule has 0 spiro atoms. The zero-order valence-corrected chi connectivity index (χ0v) is 15.1. The highest BCUT2D eigenvalue weighted by Gasteiger charge is 2.09. The van der Waals surface area contributed by atoms with Gasteiger partial charge in [0.1, 0.15) is 6.54 Å². The van der Waals surface area contributed by atoms with Crippen molar-refractivity contribution in [1.82, 2.24) is 14.7 Å². The topological polar surface area (TPSA) is 110 Å². The summed E-state index contributed by atoms with van der Waals surface area (Å²) in [5.74, 6) is 0.285. The SMILES string of the molecule is CCCc1noc(CCCC(=O)Nc2ccc3c(ccn3CC(=O)O)c2)n1. The second kappa shape index (κ2) is 8.48. The number of anilines is 1. The van der Waals surface area contributed by atoms with Gasteiger partial charge in [-0.3, -0.25) is 9.59 Å². The van der Waals surface area contributed by atoms with Crippen LogP contribution in [-0.2, 0) is 29.0 Å². The van der Waals surface area contributed by atoms with E-state index >= 15 is 0 Å². The molecule has 0 atom stereocenters. The van der Waals surface area contributed by atoms with Crippen LogP contribution in [0.3, 0.4) is 0 Å². The van der Waals surface area contributed by atoms with E-state index in [0.29, 0.717) is 36.7 Å². The highest BCUT2D eigenvalue weighted by atomic mass is 16.5. The van der Waals surface area contributed by atoms with E-state index in [9.17, 15) is 9.59 Å². The molecule has 1 aromatic carbocycles. The fourth-order valence-corrected chi connectivity index (χ4v) is 2.90. The van der Waals surface area contributed by atoms with Crippen LogP contribution in [-0.4, -0.2) is 31.7 Å². The molecule has 3 rings (SSSR count). The molecule has 0 aliphatic rings. The largest absolute Gasteiger partial charge is 0.480 e. The molecule has 0 saturated carbocycles. The van der Waals surface area contributed by atoms with Crippen molar-refractivity contribution in [2.75, 3.05) is 5.32 Å². The number of aryl methyl sites for hydroxylation is 2. The zero-order chi connectivity index (χ0) is 19.2. The number of aliphatic carboxylic acids is 1. The summed E-state index contributed by atoms with van der Waals surface area (Å²) in [5, 5.41) is 16.6. The number of carbonyl (C=O) groups excluding carboxylic acids is 1. The fourth-order valence-electron chi connectivity index (χ4n) is 2.90. The van der Waals surface area contributed by atoms with E-state index in [1.54, 1.807) is 16.8 Å². The Kier molecular flexibility index (Phi) is 5.85. The predicted molar refractivity (Wildman–Crippen MR) is 99.4 cm³/mol. The summed E-state index contributed by atoms with van der Waals surface area (Å²) in [6.07, 6.45) is 5.02. The molecule has 8 heteroatoms. The number of hydrogen-bond donors (Lipinski definition) is 2. The minimum Gasteiger partial charge on any atom is -0.480 e. The van der Waals surface area contributed by atoms with Crippen LogP contribution in [0.5, 0.6) is 0 Å². The minimum absolute atomic E-state index is 0.0902. The third-order valence-corrected chi connectivity index (χ3v) is 4.14. The lowest BCUT2D eigenvalue weighted by Gasteiger charge is -2.06. The first-order valence-corrected chi connectivity index (χ1v) is 8.97. The number of rotatable bonds is 9. The van der Waals surface area contributed by atoms with E-state index in [2.05, 4.69) is 22.4 Å². The number of carboxylic acid groups (broad SMARTS) is 1. The molecule has 2 aromatic heterocycles. The lowest BCUT2D eigenvalue weighted by molar-refractivity contribution is -0.137. The number of benzene rings is 1. The molecule has 27 heavy (non-hydrogen) atoms. The van der Waals surface area contributed by atoms with Crippen LogP contribution in [0.4, 0.5) is 5.69 Å². The summed E-state index contributed by atoms with van der Waals surface area (Å²) in [4.78, 5) is 27.3. The van der Waals surface area contributed by atoms with Gasteiger partial charge in [0.2, 0.25) is 11.8 Å². The molecule has 0 unspecified atom stereocenters. The maximum atomic E-state index is 12.1. The van der Waals surface area contributed by atoms with Crippen LogP contribution in [0.15, 0.2) is 35.0 Å². The number of hydrogen-bond acceptors (Lipinski definition) is 5. The van der Waals surface area contributed by atoms with Crippen molar-refractivity contribution < 1.29 is 19.2 Å². The summed E-state index contributed by atoms with van der Waals surface area (Å²) in [7, 11) is 0. The van der Waals surface area contributed by atoms with Crippen molar-refractivity contribution in [2.45, 2.75) is 45.6 Å². The molecule has 0 aliphatic heterocycles.